The Balaban J connectivity index is 1.17. The number of nitrogens with one attached hydrogen (secondary N) is 1. The SMILES string of the molecule is CC(C1CC2(COC(=O)N2)C1)N1CCC(C2(C)Cc3ccc(C(F)(F)F)cc3O2)CC1. The van der Waals surface area contributed by atoms with E-state index in [9.17, 15) is 18.0 Å². The number of benzene rings is 1. The van der Waals surface area contributed by atoms with Crippen molar-refractivity contribution in [3.8, 4) is 5.75 Å². The molecule has 3 aliphatic heterocycles. The molecule has 0 radical (unpaired) electrons. The lowest BCUT2D eigenvalue weighted by Gasteiger charge is -2.50. The zero-order chi connectivity index (χ0) is 22.0. The van der Waals surface area contributed by atoms with E-state index in [-0.39, 0.29) is 11.6 Å². The summed E-state index contributed by atoms with van der Waals surface area (Å²) in [6, 6.07) is 4.31. The average molecular weight is 438 g/mol. The number of alkyl carbamates (subject to hydrolysis) is 1. The predicted molar refractivity (Wildman–Crippen MR) is 108 cm³/mol. The van der Waals surface area contributed by atoms with Gasteiger partial charge in [0.1, 0.15) is 18.0 Å². The molecular weight excluding hydrogens is 409 g/mol. The molecule has 1 saturated carbocycles. The molecule has 1 aromatic carbocycles. The quantitative estimate of drug-likeness (QED) is 0.761. The van der Waals surface area contributed by atoms with Crippen molar-refractivity contribution >= 4 is 6.09 Å². The fourth-order valence-electron chi connectivity index (χ4n) is 6.08. The first-order valence-electron chi connectivity index (χ1n) is 11.2. The van der Waals surface area contributed by atoms with Crippen molar-refractivity contribution in [2.45, 2.75) is 69.3 Å². The highest BCUT2D eigenvalue weighted by atomic mass is 19.4. The summed E-state index contributed by atoms with van der Waals surface area (Å²) in [4.78, 5) is 13.9. The van der Waals surface area contributed by atoms with E-state index in [0.717, 1.165) is 56.5 Å². The van der Waals surface area contributed by atoms with Gasteiger partial charge in [0.15, 0.2) is 0 Å². The number of halogens is 3. The van der Waals surface area contributed by atoms with Gasteiger partial charge in [-0.15, -0.1) is 0 Å². The van der Waals surface area contributed by atoms with E-state index in [4.69, 9.17) is 9.47 Å². The van der Waals surface area contributed by atoms with Crippen molar-refractivity contribution in [1.29, 1.82) is 0 Å². The Labute approximate surface area is 180 Å². The maximum atomic E-state index is 13.0. The summed E-state index contributed by atoms with van der Waals surface area (Å²) in [6.07, 6.45) is -0.148. The first-order valence-corrected chi connectivity index (χ1v) is 11.2. The number of carbonyl (C=O) groups excluding carboxylic acids is 1. The number of amides is 1. The van der Waals surface area contributed by atoms with Crippen LogP contribution in [0.25, 0.3) is 0 Å². The maximum absolute atomic E-state index is 13.0. The van der Waals surface area contributed by atoms with Crippen molar-refractivity contribution in [2.75, 3.05) is 19.7 Å². The molecule has 3 fully saturated rings. The largest absolute Gasteiger partial charge is 0.487 e. The monoisotopic (exact) mass is 438 g/mol. The number of likely N-dealkylation sites (tertiary alicyclic amines) is 1. The number of piperidine rings is 1. The topological polar surface area (TPSA) is 50.8 Å². The van der Waals surface area contributed by atoms with E-state index in [2.05, 4.69) is 17.1 Å². The van der Waals surface area contributed by atoms with E-state index >= 15 is 0 Å². The Morgan fingerprint density at radius 1 is 1.23 bits per heavy atom. The van der Waals surface area contributed by atoms with Crippen LogP contribution < -0.4 is 10.1 Å². The number of fused-ring (bicyclic) bond motifs is 1. The highest BCUT2D eigenvalue weighted by molar-refractivity contribution is 5.71. The third-order valence-electron chi connectivity index (χ3n) is 8.08. The highest BCUT2D eigenvalue weighted by Gasteiger charge is 2.53. The smallest absolute Gasteiger partial charge is 0.416 e. The third-order valence-corrected chi connectivity index (χ3v) is 8.08. The average Bonchev–Trinajstić information content (AvgIpc) is 3.25. The molecule has 8 heteroatoms. The zero-order valence-corrected chi connectivity index (χ0v) is 17.9. The van der Waals surface area contributed by atoms with Gasteiger partial charge >= 0.3 is 12.3 Å². The van der Waals surface area contributed by atoms with E-state index in [1.54, 1.807) is 6.07 Å². The van der Waals surface area contributed by atoms with Crippen molar-refractivity contribution in [3.05, 3.63) is 29.3 Å². The van der Waals surface area contributed by atoms with Crippen molar-refractivity contribution in [2.24, 2.45) is 11.8 Å². The summed E-state index contributed by atoms with van der Waals surface area (Å²) in [6.45, 7) is 6.70. The number of nitrogens with zero attached hydrogens (tertiary/aromatic N) is 1. The van der Waals surface area contributed by atoms with Gasteiger partial charge in [-0.1, -0.05) is 6.07 Å². The van der Waals surface area contributed by atoms with Gasteiger partial charge in [-0.3, -0.25) is 0 Å². The highest BCUT2D eigenvalue weighted by Crippen LogP contribution is 2.47. The summed E-state index contributed by atoms with van der Waals surface area (Å²) in [5, 5.41) is 2.96. The minimum absolute atomic E-state index is 0.152. The molecule has 0 bridgehead atoms. The summed E-state index contributed by atoms with van der Waals surface area (Å²) >= 11 is 0. The van der Waals surface area contributed by atoms with Gasteiger partial charge in [0.2, 0.25) is 0 Å². The van der Waals surface area contributed by atoms with E-state index < -0.39 is 17.3 Å². The molecule has 5 nitrogen and oxygen atoms in total. The summed E-state index contributed by atoms with van der Waals surface area (Å²) in [7, 11) is 0. The molecule has 0 aromatic heterocycles. The Kier molecular flexibility index (Phi) is 4.74. The van der Waals surface area contributed by atoms with Crippen molar-refractivity contribution in [3.63, 3.8) is 0 Å². The van der Waals surface area contributed by atoms with Gasteiger partial charge in [0, 0.05) is 18.4 Å². The van der Waals surface area contributed by atoms with Crippen LogP contribution >= 0.6 is 0 Å². The molecule has 1 aliphatic carbocycles. The second-order valence-corrected chi connectivity index (χ2v) is 10.1. The van der Waals surface area contributed by atoms with Crippen LogP contribution in [0.2, 0.25) is 0 Å². The van der Waals surface area contributed by atoms with Gasteiger partial charge in [0.25, 0.3) is 0 Å². The number of carbonyl (C=O) groups is 1. The normalized spacial score (nSPS) is 34.6. The molecule has 3 heterocycles. The van der Waals surface area contributed by atoms with Crippen LogP contribution in [-0.4, -0.2) is 47.9 Å². The first-order chi connectivity index (χ1) is 14.6. The minimum atomic E-state index is -4.35. The van der Waals surface area contributed by atoms with Crippen LogP contribution in [0.3, 0.4) is 0 Å². The molecule has 170 valence electrons. The molecule has 4 aliphatic rings. The number of hydrogen-bond acceptors (Lipinski definition) is 4. The first kappa shape index (κ1) is 20.9. The van der Waals surface area contributed by atoms with Gasteiger partial charge < -0.3 is 19.7 Å². The van der Waals surface area contributed by atoms with Crippen molar-refractivity contribution in [1.82, 2.24) is 10.2 Å². The standard InChI is InChI=1S/C23H29F3N2O3/c1-14(16-11-22(12-16)13-30-20(29)27-22)28-7-5-17(6-8-28)21(2)10-15-3-4-18(23(24,25)26)9-19(15)31-21/h3-4,9,14,16-17H,5-8,10-13H2,1-2H3,(H,27,29). The molecule has 1 amide bonds. The second-order valence-electron chi connectivity index (χ2n) is 10.1. The van der Waals surface area contributed by atoms with Crippen LogP contribution in [0.4, 0.5) is 18.0 Å². The number of ether oxygens (including phenoxy) is 2. The molecule has 1 spiro atoms. The van der Waals surface area contributed by atoms with Gasteiger partial charge in [-0.25, -0.2) is 4.79 Å². The van der Waals surface area contributed by atoms with Crippen molar-refractivity contribution < 1.29 is 27.4 Å². The zero-order valence-electron chi connectivity index (χ0n) is 17.9. The minimum Gasteiger partial charge on any atom is -0.487 e. The molecule has 2 saturated heterocycles. The summed E-state index contributed by atoms with van der Waals surface area (Å²) in [5.74, 6) is 1.24. The Morgan fingerprint density at radius 2 is 1.94 bits per heavy atom. The molecule has 1 aromatic rings. The summed E-state index contributed by atoms with van der Waals surface area (Å²) < 4.78 is 50.4. The lowest BCUT2D eigenvalue weighted by Crippen LogP contribution is -2.60. The Hall–Kier alpha value is -1.96. The number of alkyl halides is 3. The maximum Gasteiger partial charge on any atom is 0.416 e. The fraction of sp³-hybridized carbons (Fsp3) is 0.696. The van der Waals surface area contributed by atoms with E-state index in [1.807, 2.05) is 6.92 Å². The number of rotatable bonds is 3. The number of cyclic esters (lactones) is 1. The molecule has 2 unspecified atom stereocenters. The van der Waals surface area contributed by atoms with Gasteiger partial charge in [-0.2, -0.15) is 13.2 Å². The second kappa shape index (κ2) is 7.02. The predicted octanol–water partition coefficient (Wildman–Crippen LogP) is 4.39. The van der Waals surface area contributed by atoms with Crippen LogP contribution in [0.15, 0.2) is 18.2 Å². The van der Waals surface area contributed by atoms with Crippen LogP contribution in [0.5, 0.6) is 5.75 Å². The third kappa shape index (κ3) is 3.66. The summed E-state index contributed by atoms with van der Waals surface area (Å²) in [5.41, 5.74) is -0.387. The van der Waals surface area contributed by atoms with Crippen LogP contribution in [0.1, 0.15) is 50.7 Å². The number of hydrogen-bond donors (Lipinski definition) is 1. The Bertz CT molecular complexity index is 875. The fourth-order valence-corrected chi connectivity index (χ4v) is 6.08. The lowest BCUT2D eigenvalue weighted by molar-refractivity contribution is -0.137. The van der Waals surface area contributed by atoms with Gasteiger partial charge in [-0.05, 0) is 76.2 Å². The van der Waals surface area contributed by atoms with E-state index in [0.29, 0.717) is 36.7 Å². The molecule has 5 rings (SSSR count). The molecule has 2 atom stereocenters. The van der Waals surface area contributed by atoms with Crippen LogP contribution in [0, 0.1) is 11.8 Å². The molecule has 1 N–H and O–H groups in total. The van der Waals surface area contributed by atoms with E-state index in [1.165, 1.54) is 0 Å². The Morgan fingerprint density at radius 3 is 2.55 bits per heavy atom. The molecular formula is C23H29F3N2O3. The molecule has 31 heavy (non-hydrogen) atoms. The van der Waals surface area contributed by atoms with Crippen LogP contribution in [-0.2, 0) is 17.3 Å². The van der Waals surface area contributed by atoms with Gasteiger partial charge in [0.05, 0.1) is 11.1 Å². The lowest BCUT2D eigenvalue weighted by atomic mass is 9.65.